The number of halogens is 4. The first-order chi connectivity index (χ1) is 6.64. The summed E-state index contributed by atoms with van der Waals surface area (Å²) in [6.45, 7) is 6.43. The Labute approximate surface area is 125 Å². The Morgan fingerprint density at radius 2 is 1.53 bits per heavy atom. The lowest BCUT2D eigenvalue weighted by Crippen LogP contribution is -2.16. The molecular formula is C11H12Br4. The third-order valence-electron chi connectivity index (χ3n) is 2.17. The van der Waals surface area contributed by atoms with Crippen LogP contribution >= 0.6 is 63.7 Å². The van der Waals surface area contributed by atoms with Crippen molar-refractivity contribution in [2.45, 2.75) is 27.2 Å². The topological polar surface area (TPSA) is 0 Å². The lowest BCUT2D eigenvalue weighted by Gasteiger charge is -2.27. The van der Waals surface area contributed by atoms with Crippen molar-refractivity contribution in [1.82, 2.24) is 0 Å². The van der Waals surface area contributed by atoms with Crippen LogP contribution in [-0.4, -0.2) is 0 Å². The Balaban J connectivity index is 3.48. The van der Waals surface area contributed by atoms with E-state index < -0.39 is 0 Å². The molecule has 0 bridgehead atoms. The predicted octanol–water partition coefficient (Wildman–Crippen LogP) is 5.92. The van der Waals surface area contributed by atoms with Crippen LogP contribution in [0.5, 0.6) is 0 Å². The number of benzene rings is 1. The second-order valence-corrected chi connectivity index (χ2v) is 12.7. The van der Waals surface area contributed by atoms with Crippen LogP contribution in [-0.2, 0) is 6.47 Å². The van der Waals surface area contributed by atoms with Crippen molar-refractivity contribution < 1.29 is 0 Å². The highest BCUT2D eigenvalue weighted by molar-refractivity contribution is 9.38. The zero-order valence-corrected chi connectivity index (χ0v) is 15.1. The quantitative estimate of drug-likeness (QED) is 0.454. The summed E-state index contributed by atoms with van der Waals surface area (Å²) in [5, 5.41) is 0. The van der Waals surface area contributed by atoms with Gasteiger partial charge in [-0.15, -0.1) is 0 Å². The zero-order valence-electron chi connectivity index (χ0n) is 8.74. The summed E-state index contributed by atoms with van der Waals surface area (Å²) in [5.41, 5.74) is 3.75. The van der Waals surface area contributed by atoms with Gasteiger partial charge in [0.1, 0.15) is 0 Å². The highest BCUT2D eigenvalue weighted by atomic mass is 80.0. The molecule has 0 aliphatic heterocycles. The van der Waals surface area contributed by atoms with Gasteiger partial charge in [-0.2, -0.15) is 0 Å². The maximum absolute atomic E-state index is 3.72. The molecule has 0 saturated heterocycles. The highest BCUT2D eigenvalue weighted by Crippen LogP contribution is 2.49. The van der Waals surface area contributed by atoms with Gasteiger partial charge in [0.2, 0.25) is 0 Å². The summed E-state index contributed by atoms with van der Waals surface area (Å²) >= 11 is 14.4. The minimum atomic E-state index is -0.362. The lowest BCUT2D eigenvalue weighted by molar-refractivity contribution is 0.783. The summed E-state index contributed by atoms with van der Waals surface area (Å²) < 4.78 is -0.409. The molecule has 0 aliphatic carbocycles. The molecule has 0 aliphatic rings. The van der Waals surface area contributed by atoms with Crippen LogP contribution in [0.15, 0.2) is 18.2 Å². The van der Waals surface area contributed by atoms with E-state index in [0.717, 1.165) is 0 Å². The summed E-state index contributed by atoms with van der Waals surface area (Å²) in [6, 6.07) is 6.29. The molecule has 0 fully saturated rings. The summed E-state index contributed by atoms with van der Waals surface area (Å²) in [6.07, 6.45) is 0. The largest absolute Gasteiger partial charge is 0.160 e. The van der Waals surface area contributed by atoms with Crippen molar-refractivity contribution in [3.8, 4) is 0 Å². The third kappa shape index (κ3) is 3.55. The van der Waals surface area contributed by atoms with Gasteiger partial charge in [0.25, 0.3) is 0 Å². The van der Waals surface area contributed by atoms with E-state index in [4.69, 9.17) is 0 Å². The van der Waals surface area contributed by atoms with Gasteiger partial charge in [0.05, 0.1) is 0 Å². The summed E-state index contributed by atoms with van der Waals surface area (Å²) in [4.78, 5) is 0. The van der Waals surface area contributed by atoms with Crippen molar-refractivity contribution in [3.05, 3.63) is 34.9 Å². The average molecular weight is 464 g/mol. The third-order valence-corrected chi connectivity index (χ3v) is 3.85. The van der Waals surface area contributed by atoms with Gasteiger partial charge < -0.3 is 0 Å². The monoisotopic (exact) mass is 460 g/mol. The number of rotatable bonds is 1. The minimum Gasteiger partial charge on any atom is -0.0807 e. The molecule has 0 aromatic heterocycles. The van der Waals surface area contributed by atoms with Crippen LogP contribution in [0.25, 0.3) is 0 Å². The maximum Gasteiger partial charge on any atom is 0.160 e. The fraction of sp³-hybridized carbons (Fsp3) is 0.455. The predicted molar refractivity (Wildman–Crippen MR) is 81.6 cm³/mol. The normalized spacial score (nSPS) is 13.0. The summed E-state index contributed by atoms with van der Waals surface area (Å²) in [7, 11) is 0. The molecule has 84 valence electrons. The van der Waals surface area contributed by atoms with Gasteiger partial charge in [-0.1, -0.05) is 81.9 Å². The van der Waals surface area contributed by atoms with E-state index in [0.29, 0.717) is 0 Å². The van der Waals surface area contributed by atoms with E-state index in [1.54, 1.807) is 0 Å². The van der Waals surface area contributed by atoms with Gasteiger partial charge in [0.15, 0.2) is 2.14 Å². The minimum absolute atomic E-state index is 0.0474. The fourth-order valence-electron chi connectivity index (χ4n) is 1.69. The second kappa shape index (κ2) is 4.79. The van der Waals surface area contributed by atoms with E-state index >= 15 is 0 Å². The van der Waals surface area contributed by atoms with Crippen molar-refractivity contribution in [3.63, 3.8) is 0 Å². The first-order valence-corrected chi connectivity index (χ1v) is 7.67. The zero-order chi connectivity index (χ0) is 11.9. The molecular weight excluding hydrogens is 452 g/mol. The van der Waals surface area contributed by atoms with Crippen LogP contribution in [0.2, 0.25) is 0 Å². The van der Waals surface area contributed by atoms with Gasteiger partial charge in [-0.05, 0) is 37.5 Å². The molecule has 0 spiro atoms. The Morgan fingerprint density at radius 3 is 1.87 bits per heavy atom. The Morgan fingerprint density at radius 1 is 1.00 bits per heavy atom. The lowest BCUT2D eigenvalue weighted by atomic mass is 9.93. The van der Waals surface area contributed by atoms with Crippen LogP contribution < -0.4 is 0 Å². The number of aryl methyl sites for hydroxylation is 1. The molecule has 0 atom stereocenters. The molecule has 0 heterocycles. The molecule has 0 amide bonds. The van der Waals surface area contributed by atoms with Crippen LogP contribution in [0.1, 0.15) is 30.5 Å². The summed E-state index contributed by atoms with van der Waals surface area (Å²) in [5.74, 6) is 0. The van der Waals surface area contributed by atoms with E-state index in [1.165, 1.54) is 16.7 Å². The molecule has 0 N–H and O–H groups in total. The van der Waals surface area contributed by atoms with E-state index in [-0.39, 0.29) is 6.47 Å². The van der Waals surface area contributed by atoms with E-state index in [9.17, 15) is 0 Å². The van der Waals surface area contributed by atoms with Crippen LogP contribution in [0.4, 0.5) is 0 Å². The first-order valence-electron chi connectivity index (χ1n) is 4.50. The van der Waals surface area contributed by atoms with Gasteiger partial charge in [-0.3, -0.25) is 0 Å². The number of hydrogen-bond acceptors (Lipinski definition) is 0. The molecule has 0 saturated carbocycles. The van der Waals surface area contributed by atoms with Crippen molar-refractivity contribution >= 4 is 63.7 Å². The molecule has 1 aromatic rings. The van der Waals surface area contributed by atoms with Crippen molar-refractivity contribution in [1.29, 1.82) is 0 Å². The molecule has 15 heavy (non-hydrogen) atoms. The Bertz CT molecular complexity index is 358. The average Bonchev–Trinajstić information content (AvgIpc) is 1.99. The van der Waals surface area contributed by atoms with Gasteiger partial charge in [-0.25, -0.2) is 0 Å². The molecule has 0 radical (unpaired) electrons. The van der Waals surface area contributed by atoms with E-state index in [1.807, 2.05) is 0 Å². The van der Waals surface area contributed by atoms with E-state index in [2.05, 4.69) is 103 Å². The molecule has 1 aromatic carbocycles. The molecule has 0 unspecified atom stereocenters. The highest BCUT2D eigenvalue weighted by Gasteiger charge is 2.30. The maximum atomic E-state index is 3.72. The van der Waals surface area contributed by atoms with Crippen LogP contribution in [0.3, 0.4) is 0 Å². The second-order valence-electron chi connectivity index (χ2n) is 3.97. The smallest absolute Gasteiger partial charge is 0.0807 e. The van der Waals surface area contributed by atoms with Crippen molar-refractivity contribution in [2.75, 3.05) is 0 Å². The first kappa shape index (κ1) is 14.2. The Hall–Kier alpha value is 1.14. The number of alkyl halides is 4. The van der Waals surface area contributed by atoms with Gasteiger partial charge in [0, 0.05) is 4.32 Å². The standard InChI is InChI=1S/C11H12Br4/c1-7-5-4-6-8(11(13,14)15)9(7)10(2,3)12/h4-6H,1-3H3. The van der Waals surface area contributed by atoms with Crippen molar-refractivity contribution in [2.24, 2.45) is 0 Å². The van der Waals surface area contributed by atoms with Crippen LogP contribution in [0, 0.1) is 6.92 Å². The Kier molecular flexibility index (Phi) is 4.53. The molecule has 4 heteroatoms. The molecule has 0 nitrogen and oxygen atoms in total. The fourth-order valence-corrected chi connectivity index (χ4v) is 3.21. The van der Waals surface area contributed by atoms with Gasteiger partial charge >= 0.3 is 0 Å². The SMILES string of the molecule is Cc1cccc(C(Br)(Br)Br)c1C(C)(C)Br. The number of hydrogen-bond donors (Lipinski definition) is 0. The molecule has 1 rings (SSSR count).